The van der Waals surface area contributed by atoms with E-state index in [0.29, 0.717) is 38.2 Å². The van der Waals surface area contributed by atoms with Crippen LogP contribution in [0.4, 0.5) is 0 Å². The van der Waals surface area contributed by atoms with Gasteiger partial charge in [-0.1, -0.05) is 50.0 Å². The first-order valence-corrected chi connectivity index (χ1v) is 12.9. The van der Waals surface area contributed by atoms with Crippen LogP contribution in [0.2, 0.25) is 10.0 Å². The van der Waals surface area contributed by atoms with E-state index in [1.807, 2.05) is 32.9 Å². The third kappa shape index (κ3) is 7.27. The number of halogens is 2. The smallest absolute Gasteiger partial charge is 0.188 e. The Kier molecular flexibility index (Phi) is 10.6. The lowest BCUT2D eigenvalue weighted by Crippen LogP contribution is -2.20. The topological polar surface area (TPSA) is 44.8 Å². The molecule has 0 fully saturated rings. The molecule has 0 bridgehead atoms. The predicted molar refractivity (Wildman–Crippen MR) is 136 cm³/mol. The number of hydrogen-bond donors (Lipinski definition) is 0. The van der Waals surface area contributed by atoms with Gasteiger partial charge in [0.25, 0.3) is 0 Å². The summed E-state index contributed by atoms with van der Waals surface area (Å²) in [5.41, 5.74) is 0.150. The van der Waals surface area contributed by atoms with E-state index in [-0.39, 0.29) is 32.4 Å². The van der Waals surface area contributed by atoms with Gasteiger partial charge in [0.15, 0.2) is 5.52 Å². The first-order valence-electron chi connectivity index (χ1n) is 11.1. The van der Waals surface area contributed by atoms with Crippen LogP contribution < -0.4 is 19.5 Å². The lowest BCUT2D eigenvalue weighted by molar-refractivity contribution is 0.108. The molecule has 4 nitrogen and oxygen atoms in total. The highest BCUT2D eigenvalue weighted by molar-refractivity contribution is 7.66. The van der Waals surface area contributed by atoms with Crippen molar-refractivity contribution < 1.29 is 19.0 Å². The van der Waals surface area contributed by atoms with Crippen molar-refractivity contribution in [2.24, 2.45) is 0 Å². The summed E-state index contributed by atoms with van der Waals surface area (Å²) in [5.74, 6) is 1.84. The van der Waals surface area contributed by atoms with Crippen molar-refractivity contribution in [3.8, 4) is 17.2 Å². The summed E-state index contributed by atoms with van der Waals surface area (Å²) < 4.78 is 18.5. The highest BCUT2D eigenvalue weighted by Gasteiger charge is 2.23. The number of carbonyl (C=O) groups excluding carboxylic acids is 1. The number of rotatable bonds is 12. The molecule has 2 aromatic carbocycles. The molecule has 0 heterocycles. The van der Waals surface area contributed by atoms with E-state index in [9.17, 15) is 4.79 Å². The molecule has 0 saturated carbocycles. The van der Waals surface area contributed by atoms with E-state index in [0.717, 1.165) is 19.3 Å². The van der Waals surface area contributed by atoms with Crippen molar-refractivity contribution >= 4 is 42.6 Å². The summed E-state index contributed by atoms with van der Waals surface area (Å²) in [6.07, 6.45) is 2.49. The van der Waals surface area contributed by atoms with Gasteiger partial charge in [-0.05, 0) is 60.7 Å². The lowest BCUT2D eigenvalue weighted by atomic mass is 10.2. The van der Waals surface area contributed by atoms with Gasteiger partial charge in [-0.15, -0.1) is 0 Å². The van der Waals surface area contributed by atoms with Gasteiger partial charge in [0, 0.05) is 12.1 Å². The van der Waals surface area contributed by atoms with Crippen LogP contribution >= 0.6 is 31.8 Å². The van der Waals surface area contributed by atoms with Gasteiger partial charge >= 0.3 is 0 Å². The SMILES string of the molecule is CCC(C)Oc1cc(OC(C)CC)c(PC(=O)c2c(Cl)cccc2Cl)c(OC(C)CC)c1. The zero-order valence-electron chi connectivity index (χ0n) is 19.6. The second-order valence-corrected chi connectivity index (χ2v) is 9.87. The molecule has 0 radical (unpaired) electrons. The minimum Gasteiger partial charge on any atom is -0.490 e. The summed E-state index contributed by atoms with van der Waals surface area (Å²) in [4.78, 5) is 13.3. The van der Waals surface area contributed by atoms with Crippen LogP contribution in [0.3, 0.4) is 0 Å². The molecule has 0 aromatic heterocycles. The Balaban J connectivity index is 2.57. The number of carbonyl (C=O) groups is 1. The average Bonchev–Trinajstić information content (AvgIpc) is 2.75. The molecular weight excluding hydrogens is 466 g/mol. The highest BCUT2D eigenvalue weighted by atomic mass is 35.5. The molecule has 0 spiro atoms. The minimum absolute atomic E-state index is 0.0344. The Morgan fingerprint density at radius 3 is 1.72 bits per heavy atom. The molecule has 4 atom stereocenters. The fourth-order valence-corrected chi connectivity index (χ4v) is 4.61. The van der Waals surface area contributed by atoms with E-state index in [1.165, 1.54) is 0 Å². The maximum absolute atomic E-state index is 13.3. The van der Waals surface area contributed by atoms with Gasteiger partial charge < -0.3 is 14.2 Å². The van der Waals surface area contributed by atoms with E-state index >= 15 is 0 Å². The second-order valence-electron chi connectivity index (χ2n) is 7.86. The van der Waals surface area contributed by atoms with Crippen LogP contribution in [-0.2, 0) is 0 Å². The Labute approximate surface area is 203 Å². The number of ether oxygens (including phenoxy) is 3. The third-order valence-corrected chi connectivity index (χ3v) is 7.04. The van der Waals surface area contributed by atoms with Crippen LogP contribution in [0, 0.1) is 0 Å². The molecule has 0 N–H and O–H groups in total. The maximum Gasteiger partial charge on any atom is 0.188 e. The minimum atomic E-state index is -0.273. The molecule has 0 aliphatic rings. The molecule has 0 amide bonds. The van der Waals surface area contributed by atoms with Crippen molar-refractivity contribution in [3.05, 3.63) is 45.9 Å². The Morgan fingerprint density at radius 1 is 0.844 bits per heavy atom. The second kappa shape index (κ2) is 12.7. The van der Waals surface area contributed by atoms with Gasteiger partial charge in [-0.3, -0.25) is 4.79 Å². The zero-order valence-corrected chi connectivity index (χ0v) is 22.1. The molecule has 176 valence electrons. The molecule has 32 heavy (non-hydrogen) atoms. The normalized spacial score (nSPS) is 14.2. The molecule has 7 heteroatoms. The first-order chi connectivity index (χ1) is 15.2. The van der Waals surface area contributed by atoms with Gasteiger partial charge in [0.2, 0.25) is 0 Å². The van der Waals surface area contributed by atoms with E-state index in [4.69, 9.17) is 37.4 Å². The molecule has 4 unspecified atom stereocenters. The monoisotopic (exact) mass is 498 g/mol. The van der Waals surface area contributed by atoms with E-state index in [1.54, 1.807) is 18.2 Å². The van der Waals surface area contributed by atoms with E-state index in [2.05, 4.69) is 20.8 Å². The van der Waals surface area contributed by atoms with Crippen LogP contribution in [0.5, 0.6) is 17.2 Å². The van der Waals surface area contributed by atoms with Gasteiger partial charge in [-0.2, -0.15) is 0 Å². The quantitative estimate of drug-likeness (QED) is 0.281. The fourth-order valence-electron chi connectivity index (χ4n) is 2.75. The Hall–Kier alpha value is -1.48. The predicted octanol–water partition coefficient (Wildman–Crippen LogP) is 7.67. The summed E-state index contributed by atoms with van der Waals surface area (Å²) in [5, 5.41) is 1.36. The van der Waals surface area contributed by atoms with Crippen molar-refractivity contribution in [2.75, 3.05) is 0 Å². The molecule has 2 rings (SSSR count). The van der Waals surface area contributed by atoms with Gasteiger partial charge in [0.05, 0.1) is 39.2 Å². The van der Waals surface area contributed by atoms with Crippen molar-refractivity contribution in [2.45, 2.75) is 79.1 Å². The number of hydrogen-bond acceptors (Lipinski definition) is 4. The van der Waals surface area contributed by atoms with E-state index < -0.39 is 0 Å². The van der Waals surface area contributed by atoms with Gasteiger partial charge in [-0.25, -0.2) is 0 Å². The standard InChI is InChI=1S/C25H33Cl2O4P/c1-7-15(4)29-18-13-21(30-16(5)8-2)24(22(14-18)31-17(6)9-3)32-25(28)23-19(26)11-10-12-20(23)27/h10-17,32H,7-9H2,1-6H3. The van der Waals surface area contributed by atoms with Crippen LogP contribution in [0.25, 0.3) is 0 Å². The van der Waals surface area contributed by atoms with Crippen LogP contribution in [0.1, 0.15) is 71.2 Å². The molecule has 0 aliphatic heterocycles. The van der Waals surface area contributed by atoms with Crippen molar-refractivity contribution in [1.82, 2.24) is 0 Å². The largest absolute Gasteiger partial charge is 0.490 e. The molecule has 0 aliphatic carbocycles. The summed E-state index contributed by atoms with van der Waals surface area (Å²) >= 11 is 12.6. The Morgan fingerprint density at radius 2 is 1.28 bits per heavy atom. The summed E-state index contributed by atoms with van der Waals surface area (Å²) in [6.45, 7) is 12.2. The third-order valence-electron chi connectivity index (χ3n) is 5.19. The van der Waals surface area contributed by atoms with Crippen molar-refractivity contribution in [1.29, 1.82) is 0 Å². The number of benzene rings is 2. The van der Waals surface area contributed by atoms with Crippen LogP contribution in [0.15, 0.2) is 30.3 Å². The van der Waals surface area contributed by atoms with Gasteiger partial charge in [0.1, 0.15) is 17.2 Å². The summed E-state index contributed by atoms with van der Waals surface area (Å²) in [6, 6.07) is 8.76. The average molecular weight is 499 g/mol. The zero-order chi connectivity index (χ0) is 23.8. The van der Waals surface area contributed by atoms with Crippen LogP contribution in [-0.4, -0.2) is 23.8 Å². The summed E-state index contributed by atoms with van der Waals surface area (Å²) in [7, 11) is -0.273. The fraction of sp³-hybridized carbons (Fsp3) is 0.480. The highest BCUT2D eigenvalue weighted by Crippen LogP contribution is 2.38. The molecular formula is C25H33Cl2O4P. The molecule has 0 saturated heterocycles. The molecule has 2 aromatic rings. The first kappa shape index (κ1) is 26.8. The van der Waals surface area contributed by atoms with Crippen molar-refractivity contribution in [3.63, 3.8) is 0 Å². The lowest BCUT2D eigenvalue weighted by Gasteiger charge is -2.23. The Bertz CT molecular complexity index is 866. The maximum atomic E-state index is 13.3.